The summed E-state index contributed by atoms with van der Waals surface area (Å²) in [6, 6.07) is 10.5. The molecule has 25 heavy (non-hydrogen) atoms. The smallest absolute Gasteiger partial charge is 0.326 e. The van der Waals surface area contributed by atoms with Crippen molar-refractivity contribution in [3.05, 3.63) is 63.0 Å². The van der Waals surface area contributed by atoms with Crippen LogP contribution in [0.15, 0.2) is 41.2 Å². The summed E-state index contributed by atoms with van der Waals surface area (Å²) >= 11 is 6.17. The average molecular weight is 358 g/mol. The molecule has 3 aromatic rings. The van der Waals surface area contributed by atoms with Crippen LogP contribution in [0.4, 0.5) is 0 Å². The molecule has 2 heterocycles. The highest BCUT2D eigenvalue weighted by Gasteiger charge is 2.25. The van der Waals surface area contributed by atoms with Crippen molar-refractivity contribution in [2.24, 2.45) is 7.05 Å². The van der Waals surface area contributed by atoms with Gasteiger partial charge in [0, 0.05) is 24.6 Å². The maximum atomic E-state index is 12.7. The molecule has 0 fully saturated rings. The van der Waals surface area contributed by atoms with Crippen LogP contribution in [-0.2, 0) is 7.05 Å². The van der Waals surface area contributed by atoms with E-state index >= 15 is 0 Å². The lowest BCUT2D eigenvalue weighted by Gasteiger charge is -2.27. The molecule has 1 aliphatic heterocycles. The summed E-state index contributed by atoms with van der Waals surface area (Å²) in [7, 11) is 1.68. The van der Waals surface area contributed by atoms with Gasteiger partial charge in [-0.15, -0.1) is 0 Å². The highest BCUT2D eigenvalue weighted by molar-refractivity contribution is 6.32. The first-order valence-corrected chi connectivity index (χ1v) is 8.33. The Bertz CT molecular complexity index is 1040. The van der Waals surface area contributed by atoms with Crippen molar-refractivity contribution in [2.45, 2.75) is 12.5 Å². The number of aromatic nitrogens is 2. The monoisotopic (exact) mass is 357 g/mol. The summed E-state index contributed by atoms with van der Waals surface area (Å²) < 4.78 is 7.13. The van der Waals surface area contributed by atoms with Crippen LogP contribution in [0, 0.1) is 0 Å². The van der Waals surface area contributed by atoms with E-state index in [1.165, 1.54) is 4.57 Å². The molecule has 1 atom stereocenters. The van der Waals surface area contributed by atoms with E-state index in [1.54, 1.807) is 31.3 Å². The number of carbonyl (C=O) groups excluding carboxylic acids is 1. The van der Waals surface area contributed by atoms with Gasteiger partial charge in [-0.3, -0.25) is 9.36 Å². The number of fused-ring (bicyclic) bond motifs is 2. The topological polar surface area (TPSA) is 76.1 Å². The van der Waals surface area contributed by atoms with Crippen molar-refractivity contribution < 1.29 is 9.53 Å². The van der Waals surface area contributed by atoms with Crippen molar-refractivity contribution in [2.75, 3.05) is 6.61 Å². The summed E-state index contributed by atoms with van der Waals surface area (Å²) in [5.74, 6) is 0.424. The van der Waals surface area contributed by atoms with Crippen LogP contribution in [0.5, 0.6) is 5.75 Å². The molecule has 2 aromatic carbocycles. The molecular weight excluding hydrogens is 342 g/mol. The van der Waals surface area contributed by atoms with Crippen LogP contribution in [0.25, 0.3) is 11.0 Å². The van der Waals surface area contributed by atoms with Gasteiger partial charge in [0.1, 0.15) is 5.75 Å². The van der Waals surface area contributed by atoms with E-state index in [-0.39, 0.29) is 17.6 Å². The summed E-state index contributed by atoms with van der Waals surface area (Å²) in [6.45, 7) is 0.493. The normalized spacial score (nSPS) is 16.3. The SMILES string of the molecule is Cn1c(=O)[nH]c2cc(C(=O)NC3CCOc4c(Cl)cccc43)ccc21. The van der Waals surface area contributed by atoms with Gasteiger partial charge < -0.3 is 15.0 Å². The number of benzene rings is 2. The van der Waals surface area contributed by atoms with Gasteiger partial charge in [0.05, 0.1) is 28.7 Å². The minimum atomic E-state index is -0.208. The third-order valence-corrected chi connectivity index (χ3v) is 4.80. The molecule has 0 spiro atoms. The lowest BCUT2D eigenvalue weighted by Crippen LogP contribution is -2.32. The first kappa shape index (κ1) is 15.8. The van der Waals surface area contributed by atoms with E-state index in [0.29, 0.717) is 34.9 Å². The van der Waals surface area contributed by atoms with Gasteiger partial charge in [0.25, 0.3) is 5.91 Å². The second-order valence-electron chi connectivity index (χ2n) is 6.04. The number of ether oxygens (including phenoxy) is 1. The van der Waals surface area contributed by atoms with Gasteiger partial charge >= 0.3 is 5.69 Å². The fourth-order valence-corrected chi connectivity index (χ4v) is 3.39. The summed E-state index contributed by atoms with van der Waals surface area (Å²) in [6.07, 6.45) is 0.670. The molecule has 0 bridgehead atoms. The lowest BCUT2D eigenvalue weighted by molar-refractivity contribution is 0.0925. The highest BCUT2D eigenvalue weighted by atomic mass is 35.5. The minimum Gasteiger partial charge on any atom is -0.492 e. The van der Waals surface area contributed by atoms with E-state index in [1.807, 2.05) is 12.1 Å². The van der Waals surface area contributed by atoms with Gasteiger partial charge in [-0.05, 0) is 24.3 Å². The molecule has 1 unspecified atom stereocenters. The zero-order valence-corrected chi connectivity index (χ0v) is 14.3. The zero-order chi connectivity index (χ0) is 17.6. The summed E-state index contributed by atoms with van der Waals surface area (Å²) in [5, 5.41) is 3.57. The number of imidazole rings is 1. The lowest BCUT2D eigenvalue weighted by atomic mass is 10.00. The van der Waals surface area contributed by atoms with Crippen molar-refractivity contribution in [1.82, 2.24) is 14.9 Å². The average Bonchev–Trinajstić information content (AvgIpc) is 2.89. The van der Waals surface area contributed by atoms with Crippen molar-refractivity contribution in [1.29, 1.82) is 0 Å². The molecule has 4 rings (SSSR count). The number of aromatic amines is 1. The first-order chi connectivity index (χ1) is 12.0. The van der Waals surface area contributed by atoms with Crippen LogP contribution < -0.4 is 15.7 Å². The Morgan fingerprint density at radius 3 is 3.04 bits per heavy atom. The summed E-state index contributed by atoms with van der Waals surface area (Å²) in [4.78, 5) is 27.1. The molecule has 1 aromatic heterocycles. The van der Waals surface area contributed by atoms with Crippen LogP contribution in [0.1, 0.15) is 28.4 Å². The number of halogens is 1. The minimum absolute atomic E-state index is 0.166. The Morgan fingerprint density at radius 1 is 1.36 bits per heavy atom. The van der Waals surface area contributed by atoms with Crippen molar-refractivity contribution >= 4 is 28.5 Å². The first-order valence-electron chi connectivity index (χ1n) is 7.95. The Kier molecular flexibility index (Phi) is 3.77. The highest BCUT2D eigenvalue weighted by Crippen LogP contribution is 2.37. The molecule has 6 nitrogen and oxygen atoms in total. The van der Waals surface area contributed by atoms with E-state index in [4.69, 9.17) is 16.3 Å². The Labute approximate surface area is 148 Å². The number of carbonyl (C=O) groups is 1. The molecule has 0 saturated carbocycles. The molecule has 0 aliphatic carbocycles. The largest absolute Gasteiger partial charge is 0.492 e. The van der Waals surface area contributed by atoms with Crippen LogP contribution in [-0.4, -0.2) is 22.1 Å². The number of hydrogen-bond donors (Lipinski definition) is 2. The van der Waals surface area contributed by atoms with Crippen LogP contribution >= 0.6 is 11.6 Å². The zero-order valence-electron chi connectivity index (χ0n) is 13.5. The van der Waals surface area contributed by atoms with Gasteiger partial charge in [-0.1, -0.05) is 23.7 Å². The van der Waals surface area contributed by atoms with E-state index in [0.717, 1.165) is 11.1 Å². The molecule has 0 saturated heterocycles. The van der Waals surface area contributed by atoms with Crippen LogP contribution in [0.3, 0.4) is 0 Å². The Balaban J connectivity index is 1.63. The van der Waals surface area contributed by atoms with Crippen molar-refractivity contribution in [3.63, 3.8) is 0 Å². The number of H-pyrrole nitrogens is 1. The number of nitrogens with one attached hydrogen (secondary N) is 2. The number of rotatable bonds is 2. The molecule has 1 amide bonds. The number of aryl methyl sites for hydroxylation is 1. The fraction of sp³-hybridized carbons (Fsp3) is 0.222. The van der Waals surface area contributed by atoms with Gasteiger partial charge in [0.15, 0.2) is 0 Å². The molecule has 128 valence electrons. The van der Waals surface area contributed by atoms with Gasteiger partial charge in [-0.2, -0.15) is 0 Å². The fourth-order valence-electron chi connectivity index (χ4n) is 3.16. The molecule has 2 N–H and O–H groups in total. The maximum Gasteiger partial charge on any atom is 0.326 e. The second-order valence-corrected chi connectivity index (χ2v) is 6.45. The molecule has 7 heteroatoms. The van der Waals surface area contributed by atoms with E-state index < -0.39 is 0 Å². The quantitative estimate of drug-likeness (QED) is 0.740. The third kappa shape index (κ3) is 2.68. The molecule has 1 aliphatic rings. The standard InChI is InChI=1S/C18H16ClN3O3/c1-22-15-6-5-10(9-14(15)21-18(22)24)17(23)20-13-7-8-25-16-11(13)3-2-4-12(16)19/h2-6,9,13H,7-8H2,1H3,(H,20,23)(H,21,24). The number of para-hydroxylation sites is 1. The maximum absolute atomic E-state index is 12.7. The second kappa shape index (κ2) is 5.97. The number of amides is 1. The Morgan fingerprint density at radius 2 is 2.20 bits per heavy atom. The predicted molar refractivity (Wildman–Crippen MR) is 95.3 cm³/mol. The predicted octanol–water partition coefficient (Wildman–Crippen LogP) is 2.77. The van der Waals surface area contributed by atoms with E-state index in [9.17, 15) is 9.59 Å². The number of nitrogens with zero attached hydrogens (tertiary/aromatic N) is 1. The Hall–Kier alpha value is -2.73. The summed E-state index contributed by atoms with van der Waals surface area (Å²) in [5.41, 5.74) is 2.55. The van der Waals surface area contributed by atoms with Crippen molar-refractivity contribution in [3.8, 4) is 5.75 Å². The van der Waals surface area contributed by atoms with E-state index in [2.05, 4.69) is 10.3 Å². The molecule has 0 radical (unpaired) electrons. The van der Waals surface area contributed by atoms with Gasteiger partial charge in [-0.25, -0.2) is 4.79 Å². The van der Waals surface area contributed by atoms with Gasteiger partial charge in [0.2, 0.25) is 0 Å². The third-order valence-electron chi connectivity index (χ3n) is 4.50. The number of hydrogen-bond acceptors (Lipinski definition) is 3. The van der Waals surface area contributed by atoms with Crippen LogP contribution in [0.2, 0.25) is 5.02 Å². The molecular formula is C18H16ClN3O3.